The second-order valence-corrected chi connectivity index (χ2v) is 8.15. The normalized spacial score (nSPS) is 34.2. The first-order valence-corrected chi connectivity index (χ1v) is 9.60. The van der Waals surface area contributed by atoms with Gasteiger partial charge in [0, 0.05) is 48.7 Å². The quantitative estimate of drug-likeness (QED) is 0.832. The number of hydrogen-bond acceptors (Lipinski definition) is 2. The summed E-state index contributed by atoms with van der Waals surface area (Å²) in [6.45, 7) is 4.97. The molecular formula is C21H28N2O. The third kappa shape index (κ3) is 1.88. The third-order valence-electron chi connectivity index (χ3n) is 7.12. The van der Waals surface area contributed by atoms with Gasteiger partial charge < -0.3 is 9.30 Å². The molecule has 128 valence electrons. The van der Waals surface area contributed by atoms with Crippen molar-refractivity contribution in [3.63, 3.8) is 0 Å². The molecule has 1 aromatic heterocycles. The van der Waals surface area contributed by atoms with Gasteiger partial charge >= 0.3 is 0 Å². The van der Waals surface area contributed by atoms with E-state index in [-0.39, 0.29) is 0 Å². The summed E-state index contributed by atoms with van der Waals surface area (Å²) in [7, 11) is 4.05. The average Bonchev–Trinajstić information content (AvgIpc) is 2.83. The fourth-order valence-electron chi connectivity index (χ4n) is 6.21. The van der Waals surface area contributed by atoms with Gasteiger partial charge in [-0.3, -0.25) is 4.90 Å². The SMILES string of the molecule is CC[C@H]1C[C@H]2C[C@H]3c4c(c5cc(OC)ccc5n4C)CCN(C2)[C@H]13. The maximum absolute atomic E-state index is 5.50. The molecule has 1 aromatic carbocycles. The molecule has 4 bridgehead atoms. The van der Waals surface area contributed by atoms with Crippen molar-refractivity contribution >= 4 is 10.9 Å². The first-order chi connectivity index (χ1) is 11.7. The second-order valence-electron chi connectivity index (χ2n) is 8.15. The zero-order valence-electron chi connectivity index (χ0n) is 15.1. The molecule has 3 heteroatoms. The fourth-order valence-corrected chi connectivity index (χ4v) is 6.21. The number of rotatable bonds is 2. The van der Waals surface area contributed by atoms with Crippen LogP contribution in [-0.4, -0.2) is 35.7 Å². The molecule has 0 N–H and O–H groups in total. The summed E-state index contributed by atoms with van der Waals surface area (Å²) in [6, 6.07) is 7.38. The van der Waals surface area contributed by atoms with E-state index in [4.69, 9.17) is 4.74 Å². The van der Waals surface area contributed by atoms with Crippen molar-refractivity contribution in [1.82, 2.24) is 9.47 Å². The van der Waals surface area contributed by atoms with E-state index in [1.165, 1.54) is 49.7 Å². The van der Waals surface area contributed by atoms with Crippen LogP contribution in [0.5, 0.6) is 5.75 Å². The van der Waals surface area contributed by atoms with Crippen LogP contribution in [0.25, 0.3) is 10.9 Å². The molecule has 2 aromatic rings. The molecule has 4 heterocycles. The number of nitrogens with zero attached hydrogens (tertiary/aromatic N) is 2. The van der Waals surface area contributed by atoms with Gasteiger partial charge in [-0.15, -0.1) is 0 Å². The van der Waals surface area contributed by atoms with Crippen LogP contribution in [0.3, 0.4) is 0 Å². The Labute approximate surface area is 144 Å². The highest BCUT2D eigenvalue weighted by atomic mass is 16.5. The molecule has 1 saturated carbocycles. The number of fused-ring (bicyclic) bond motifs is 4. The highest BCUT2D eigenvalue weighted by Crippen LogP contribution is 2.51. The largest absolute Gasteiger partial charge is 0.497 e. The topological polar surface area (TPSA) is 17.4 Å². The Morgan fingerprint density at radius 1 is 1.25 bits per heavy atom. The van der Waals surface area contributed by atoms with E-state index < -0.39 is 0 Å². The summed E-state index contributed by atoms with van der Waals surface area (Å²) in [5.74, 6) is 3.50. The maximum atomic E-state index is 5.50. The molecule has 6 rings (SSSR count). The number of methoxy groups -OCH3 is 1. The van der Waals surface area contributed by atoms with Crippen molar-refractivity contribution in [3.8, 4) is 5.75 Å². The fraction of sp³-hybridized carbons (Fsp3) is 0.619. The average molecular weight is 324 g/mol. The summed E-state index contributed by atoms with van der Waals surface area (Å²) in [4.78, 5) is 2.84. The van der Waals surface area contributed by atoms with Crippen LogP contribution in [0.2, 0.25) is 0 Å². The van der Waals surface area contributed by atoms with Gasteiger partial charge in [0.05, 0.1) is 7.11 Å². The zero-order valence-corrected chi connectivity index (χ0v) is 15.1. The predicted octanol–water partition coefficient (Wildman–Crippen LogP) is 3.95. The van der Waals surface area contributed by atoms with Crippen LogP contribution in [0.4, 0.5) is 0 Å². The molecule has 0 radical (unpaired) electrons. The molecule has 3 nitrogen and oxygen atoms in total. The van der Waals surface area contributed by atoms with Crippen LogP contribution in [0, 0.1) is 11.8 Å². The number of aromatic nitrogens is 1. The van der Waals surface area contributed by atoms with Crippen molar-refractivity contribution in [1.29, 1.82) is 0 Å². The van der Waals surface area contributed by atoms with Crippen LogP contribution in [-0.2, 0) is 13.5 Å². The summed E-state index contributed by atoms with van der Waals surface area (Å²) in [5.41, 5.74) is 4.61. The highest BCUT2D eigenvalue weighted by Gasteiger charge is 2.49. The molecular weight excluding hydrogens is 296 g/mol. The lowest BCUT2D eigenvalue weighted by Gasteiger charge is -2.53. The minimum atomic E-state index is 0.725. The Kier molecular flexibility index (Phi) is 3.25. The maximum Gasteiger partial charge on any atom is 0.119 e. The molecule has 4 aliphatic rings. The van der Waals surface area contributed by atoms with Gasteiger partial charge in [0.1, 0.15) is 5.75 Å². The van der Waals surface area contributed by atoms with Crippen molar-refractivity contribution in [2.75, 3.05) is 20.2 Å². The van der Waals surface area contributed by atoms with Crippen LogP contribution >= 0.6 is 0 Å². The Balaban J connectivity index is 1.71. The van der Waals surface area contributed by atoms with Crippen molar-refractivity contribution in [2.24, 2.45) is 18.9 Å². The first kappa shape index (κ1) is 14.8. The van der Waals surface area contributed by atoms with E-state index in [0.717, 1.165) is 29.5 Å². The lowest BCUT2D eigenvalue weighted by Crippen LogP contribution is -2.56. The summed E-state index contributed by atoms with van der Waals surface area (Å²) in [6.07, 6.45) is 5.38. The molecule has 1 aliphatic carbocycles. The van der Waals surface area contributed by atoms with Gasteiger partial charge in [-0.05, 0) is 54.9 Å². The van der Waals surface area contributed by atoms with E-state index in [0.29, 0.717) is 0 Å². The molecule has 2 saturated heterocycles. The number of ether oxygens (including phenoxy) is 1. The van der Waals surface area contributed by atoms with Gasteiger partial charge in [0.2, 0.25) is 0 Å². The smallest absolute Gasteiger partial charge is 0.119 e. The highest BCUT2D eigenvalue weighted by molar-refractivity contribution is 5.87. The minimum Gasteiger partial charge on any atom is -0.497 e. The van der Waals surface area contributed by atoms with Crippen molar-refractivity contribution in [3.05, 3.63) is 29.5 Å². The number of aryl methyl sites for hydroxylation is 1. The molecule has 24 heavy (non-hydrogen) atoms. The molecule has 0 amide bonds. The number of hydrogen-bond donors (Lipinski definition) is 0. The van der Waals surface area contributed by atoms with E-state index >= 15 is 0 Å². The van der Waals surface area contributed by atoms with Crippen LogP contribution < -0.4 is 4.74 Å². The lowest BCUT2D eigenvalue weighted by atomic mass is 9.65. The van der Waals surface area contributed by atoms with Gasteiger partial charge in [-0.25, -0.2) is 0 Å². The molecule has 5 atom stereocenters. The minimum absolute atomic E-state index is 0.725. The Hall–Kier alpha value is -1.48. The monoisotopic (exact) mass is 324 g/mol. The Morgan fingerprint density at radius 3 is 2.92 bits per heavy atom. The van der Waals surface area contributed by atoms with Crippen molar-refractivity contribution < 1.29 is 4.74 Å². The van der Waals surface area contributed by atoms with Gasteiger partial charge in [-0.1, -0.05) is 13.3 Å². The molecule has 0 spiro atoms. The summed E-state index contributed by atoms with van der Waals surface area (Å²) in [5, 5.41) is 1.42. The standard InChI is InChI=1S/C21H28N2O/c1-4-14-9-13-10-18-20(14)23(12-13)8-7-16-17-11-15(24-3)5-6-19(17)22(2)21(16)18/h5-6,11,13-14,18,20H,4,7-10,12H2,1-3H3/t13-,14-,18+,20+/m0/s1. The van der Waals surface area contributed by atoms with Gasteiger partial charge in [0.15, 0.2) is 0 Å². The zero-order chi connectivity index (χ0) is 16.4. The first-order valence-electron chi connectivity index (χ1n) is 9.60. The van der Waals surface area contributed by atoms with E-state index in [9.17, 15) is 0 Å². The lowest BCUT2D eigenvalue weighted by molar-refractivity contribution is -0.0140. The van der Waals surface area contributed by atoms with E-state index in [1.54, 1.807) is 18.4 Å². The van der Waals surface area contributed by atoms with Crippen molar-refractivity contribution in [2.45, 2.75) is 44.6 Å². The predicted molar refractivity (Wildman–Crippen MR) is 97.8 cm³/mol. The van der Waals surface area contributed by atoms with E-state index in [1.807, 2.05) is 0 Å². The number of benzene rings is 1. The van der Waals surface area contributed by atoms with Gasteiger partial charge in [-0.2, -0.15) is 0 Å². The Morgan fingerprint density at radius 2 is 2.12 bits per heavy atom. The molecule has 3 aliphatic heterocycles. The second kappa shape index (κ2) is 5.26. The molecule has 3 fully saturated rings. The summed E-state index contributed by atoms with van der Waals surface area (Å²) < 4.78 is 8.01. The van der Waals surface area contributed by atoms with Crippen LogP contribution in [0.15, 0.2) is 18.2 Å². The molecule has 1 unspecified atom stereocenters. The third-order valence-corrected chi connectivity index (χ3v) is 7.12. The van der Waals surface area contributed by atoms with E-state index in [2.05, 4.69) is 41.6 Å². The number of piperidine rings is 2. The van der Waals surface area contributed by atoms with Crippen LogP contribution in [0.1, 0.15) is 43.4 Å². The Bertz CT molecular complexity index is 793. The van der Waals surface area contributed by atoms with Gasteiger partial charge in [0.25, 0.3) is 0 Å². The summed E-state index contributed by atoms with van der Waals surface area (Å²) >= 11 is 0.